The second kappa shape index (κ2) is 7.78. The van der Waals surface area contributed by atoms with E-state index in [-0.39, 0.29) is 23.7 Å². The SMILES string of the molecule is Cc1csc([C@@H](C)CNC(=O)[C@@H]2CC(=O)N(Cc3ccccc3)C2)n1. The van der Waals surface area contributed by atoms with Gasteiger partial charge in [0.05, 0.1) is 10.9 Å². The molecular formula is C19H23N3O2S. The third-order valence-corrected chi connectivity index (χ3v) is 5.64. The highest BCUT2D eigenvalue weighted by Crippen LogP contribution is 2.22. The van der Waals surface area contributed by atoms with Crippen LogP contribution in [0.1, 0.15) is 35.5 Å². The van der Waals surface area contributed by atoms with E-state index in [9.17, 15) is 9.59 Å². The molecule has 1 aliphatic heterocycles. The molecule has 1 aromatic carbocycles. The van der Waals surface area contributed by atoms with Gasteiger partial charge in [0, 0.05) is 43.0 Å². The zero-order valence-electron chi connectivity index (χ0n) is 14.6. The third kappa shape index (κ3) is 4.45. The summed E-state index contributed by atoms with van der Waals surface area (Å²) in [6, 6.07) is 9.87. The van der Waals surface area contributed by atoms with Gasteiger partial charge in [0.25, 0.3) is 0 Å². The van der Waals surface area contributed by atoms with Crippen molar-refractivity contribution in [3.63, 3.8) is 0 Å². The van der Waals surface area contributed by atoms with Crippen molar-refractivity contribution in [2.45, 2.75) is 32.7 Å². The molecule has 1 saturated heterocycles. The minimum atomic E-state index is -0.263. The molecule has 0 unspecified atom stereocenters. The maximum atomic E-state index is 12.4. The summed E-state index contributed by atoms with van der Waals surface area (Å²) in [6.45, 7) is 5.63. The summed E-state index contributed by atoms with van der Waals surface area (Å²) >= 11 is 1.62. The number of hydrogen-bond acceptors (Lipinski definition) is 4. The van der Waals surface area contributed by atoms with Gasteiger partial charge in [0.15, 0.2) is 0 Å². The van der Waals surface area contributed by atoms with Crippen LogP contribution in [0.2, 0.25) is 0 Å². The predicted octanol–water partition coefficient (Wildman–Crippen LogP) is 2.72. The van der Waals surface area contributed by atoms with E-state index in [2.05, 4.69) is 17.2 Å². The normalized spacial score (nSPS) is 18.4. The number of carbonyl (C=O) groups is 2. The molecule has 3 rings (SSSR count). The lowest BCUT2D eigenvalue weighted by molar-refractivity contribution is -0.129. The van der Waals surface area contributed by atoms with Crippen molar-refractivity contribution in [2.24, 2.45) is 5.92 Å². The van der Waals surface area contributed by atoms with Crippen molar-refractivity contribution in [1.29, 1.82) is 0 Å². The van der Waals surface area contributed by atoms with Gasteiger partial charge < -0.3 is 10.2 Å². The molecule has 2 aromatic rings. The molecule has 1 fully saturated rings. The third-order valence-electron chi connectivity index (χ3n) is 4.44. The highest BCUT2D eigenvalue weighted by atomic mass is 32.1. The van der Waals surface area contributed by atoms with Crippen molar-refractivity contribution in [1.82, 2.24) is 15.2 Å². The van der Waals surface area contributed by atoms with Gasteiger partial charge in [0.1, 0.15) is 0 Å². The number of nitrogens with zero attached hydrogens (tertiary/aromatic N) is 2. The van der Waals surface area contributed by atoms with E-state index in [0.29, 0.717) is 26.1 Å². The molecule has 132 valence electrons. The van der Waals surface area contributed by atoms with Crippen LogP contribution in [0.15, 0.2) is 35.7 Å². The van der Waals surface area contributed by atoms with E-state index >= 15 is 0 Å². The zero-order chi connectivity index (χ0) is 17.8. The maximum Gasteiger partial charge on any atom is 0.225 e. The van der Waals surface area contributed by atoms with Gasteiger partial charge >= 0.3 is 0 Å². The number of aromatic nitrogens is 1. The molecule has 1 aromatic heterocycles. The minimum Gasteiger partial charge on any atom is -0.355 e. The van der Waals surface area contributed by atoms with E-state index < -0.39 is 0 Å². The van der Waals surface area contributed by atoms with Crippen molar-refractivity contribution in [2.75, 3.05) is 13.1 Å². The van der Waals surface area contributed by atoms with Crippen LogP contribution >= 0.6 is 11.3 Å². The van der Waals surface area contributed by atoms with Crippen molar-refractivity contribution >= 4 is 23.2 Å². The van der Waals surface area contributed by atoms with Gasteiger partial charge in [-0.05, 0) is 12.5 Å². The van der Waals surface area contributed by atoms with Crippen LogP contribution in [0.3, 0.4) is 0 Å². The van der Waals surface area contributed by atoms with Crippen molar-refractivity contribution < 1.29 is 9.59 Å². The molecule has 6 heteroatoms. The largest absolute Gasteiger partial charge is 0.355 e. The second-order valence-electron chi connectivity index (χ2n) is 6.63. The first-order chi connectivity index (χ1) is 12.0. The molecule has 25 heavy (non-hydrogen) atoms. The van der Waals surface area contributed by atoms with E-state index in [4.69, 9.17) is 0 Å². The van der Waals surface area contributed by atoms with Gasteiger partial charge in [-0.25, -0.2) is 4.98 Å². The average Bonchev–Trinajstić information content (AvgIpc) is 3.20. The molecule has 0 aliphatic carbocycles. The Morgan fingerprint density at radius 3 is 2.84 bits per heavy atom. The second-order valence-corrected chi connectivity index (χ2v) is 7.52. The lowest BCUT2D eigenvalue weighted by Crippen LogP contribution is -2.34. The first-order valence-electron chi connectivity index (χ1n) is 8.54. The molecule has 1 N–H and O–H groups in total. The monoisotopic (exact) mass is 357 g/mol. The summed E-state index contributed by atoms with van der Waals surface area (Å²) in [7, 11) is 0. The molecular weight excluding hydrogens is 334 g/mol. The molecule has 1 aliphatic rings. The Balaban J connectivity index is 1.50. The smallest absolute Gasteiger partial charge is 0.225 e. The fraction of sp³-hybridized carbons (Fsp3) is 0.421. The first-order valence-corrected chi connectivity index (χ1v) is 9.42. The Bertz CT molecular complexity index is 744. The lowest BCUT2D eigenvalue weighted by atomic mass is 10.1. The lowest BCUT2D eigenvalue weighted by Gasteiger charge is -2.17. The number of hydrogen-bond donors (Lipinski definition) is 1. The Labute approximate surface area is 152 Å². The number of nitrogens with one attached hydrogen (secondary N) is 1. The molecule has 0 radical (unpaired) electrons. The first kappa shape index (κ1) is 17.6. The molecule has 5 nitrogen and oxygen atoms in total. The topological polar surface area (TPSA) is 62.3 Å². The van der Waals surface area contributed by atoms with Crippen LogP contribution in [0.5, 0.6) is 0 Å². The van der Waals surface area contributed by atoms with Gasteiger partial charge in [-0.1, -0.05) is 37.3 Å². The zero-order valence-corrected chi connectivity index (χ0v) is 15.4. The molecule has 2 atom stereocenters. The summed E-state index contributed by atoms with van der Waals surface area (Å²) in [5.74, 6) is -0.0711. The van der Waals surface area contributed by atoms with Crippen LogP contribution in [0.4, 0.5) is 0 Å². The quantitative estimate of drug-likeness (QED) is 0.865. The van der Waals surface area contributed by atoms with Crippen LogP contribution in [0.25, 0.3) is 0 Å². The number of aryl methyl sites for hydroxylation is 1. The minimum absolute atomic E-state index is 0.0379. The summed E-state index contributed by atoms with van der Waals surface area (Å²) in [6.07, 6.45) is 0.295. The van der Waals surface area contributed by atoms with Gasteiger partial charge in [0.2, 0.25) is 11.8 Å². The number of benzene rings is 1. The Morgan fingerprint density at radius 2 is 2.16 bits per heavy atom. The van der Waals surface area contributed by atoms with Crippen molar-refractivity contribution in [3.05, 3.63) is 52.0 Å². The van der Waals surface area contributed by atoms with Gasteiger partial charge in [-0.2, -0.15) is 0 Å². The molecule has 0 saturated carbocycles. The molecule has 2 heterocycles. The summed E-state index contributed by atoms with van der Waals surface area (Å²) in [5.41, 5.74) is 2.10. The fourth-order valence-electron chi connectivity index (χ4n) is 2.99. The van der Waals surface area contributed by atoms with E-state index in [0.717, 1.165) is 16.3 Å². The predicted molar refractivity (Wildman–Crippen MR) is 98.2 cm³/mol. The number of likely N-dealkylation sites (tertiary alicyclic amines) is 1. The Hall–Kier alpha value is -2.21. The number of rotatable bonds is 6. The highest BCUT2D eigenvalue weighted by Gasteiger charge is 2.34. The number of amides is 2. The van der Waals surface area contributed by atoms with E-state index in [1.807, 2.05) is 42.6 Å². The molecule has 0 bridgehead atoms. The van der Waals surface area contributed by atoms with E-state index in [1.165, 1.54) is 0 Å². The Morgan fingerprint density at radius 1 is 1.40 bits per heavy atom. The van der Waals surface area contributed by atoms with Crippen molar-refractivity contribution in [3.8, 4) is 0 Å². The summed E-state index contributed by atoms with van der Waals surface area (Å²) < 4.78 is 0. The molecule has 0 spiro atoms. The fourth-order valence-corrected chi connectivity index (χ4v) is 3.84. The number of carbonyl (C=O) groups excluding carboxylic acids is 2. The number of thiazole rings is 1. The Kier molecular flexibility index (Phi) is 5.48. The van der Waals surface area contributed by atoms with Gasteiger partial charge in [-0.15, -0.1) is 11.3 Å². The van der Waals surface area contributed by atoms with E-state index in [1.54, 1.807) is 16.2 Å². The average molecular weight is 357 g/mol. The highest BCUT2D eigenvalue weighted by molar-refractivity contribution is 7.09. The standard InChI is InChI=1S/C19H23N3O2S/c1-13(19-21-14(2)12-25-19)9-20-18(24)16-8-17(23)22(11-16)10-15-6-4-3-5-7-15/h3-7,12-13,16H,8-11H2,1-2H3,(H,20,24)/t13-,16+/m0/s1. The van der Waals surface area contributed by atoms with Gasteiger partial charge in [-0.3, -0.25) is 9.59 Å². The van der Waals surface area contributed by atoms with Crippen LogP contribution < -0.4 is 5.32 Å². The molecule has 2 amide bonds. The summed E-state index contributed by atoms with van der Waals surface area (Å²) in [4.78, 5) is 30.8. The van der Waals surface area contributed by atoms with Crippen LogP contribution in [-0.2, 0) is 16.1 Å². The van der Waals surface area contributed by atoms with Crippen LogP contribution in [-0.4, -0.2) is 34.8 Å². The summed E-state index contributed by atoms with van der Waals surface area (Å²) in [5, 5.41) is 6.04. The van der Waals surface area contributed by atoms with Crippen LogP contribution in [0, 0.1) is 12.8 Å². The maximum absolute atomic E-state index is 12.4.